The van der Waals surface area contributed by atoms with E-state index in [0.717, 1.165) is 22.4 Å². The topological polar surface area (TPSA) is 103 Å². The number of aliphatic hydroxyl groups is 1. The summed E-state index contributed by atoms with van der Waals surface area (Å²) in [6.07, 6.45) is 0. The third-order valence-electron chi connectivity index (χ3n) is 4.25. The average molecular weight is 350 g/mol. The van der Waals surface area contributed by atoms with Crippen LogP contribution in [0.3, 0.4) is 0 Å². The Morgan fingerprint density at radius 3 is 2.62 bits per heavy atom. The van der Waals surface area contributed by atoms with Crippen LogP contribution < -0.4 is 21.1 Å². The first-order chi connectivity index (χ1) is 12.7. The minimum Gasteiger partial charge on any atom is -0.390 e. The Balaban J connectivity index is 1.81. The van der Waals surface area contributed by atoms with Gasteiger partial charge in [0.25, 0.3) is 0 Å². The van der Waals surface area contributed by atoms with Crippen LogP contribution >= 0.6 is 0 Å². The van der Waals surface area contributed by atoms with Crippen molar-refractivity contribution in [1.82, 2.24) is 15.6 Å². The van der Waals surface area contributed by atoms with Gasteiger partial charge in [0.15, 0.2) is 11.5 Å². The fourth-order valence-electron chi connectivity index (χ4n) is 2.94. The molecule has 0 fully saturated rings. The van der Waals surface area contributed by atoms with Crippen LogP contribution in [0, 0.1) is 6.92 Å². The zero-order valence-corrected chi connectivity index (χ0v) is 14.2. The minimum absolute atomic E-state index is 0.214. The fraction of sp³-hybridized carbons (Fsp3) is 0.158. The number of aromatic nitrogens is 2. The Morgan fingerprint density at radius 2 is 1.81 bits per heavy atom. The monoisotopic (exact) mass is 350 g/mol. The molecular weight excluding hydrogens is 332 g/mol. The number of hydrogen-bond donors (Lipinski definition) is 3. The van der Waals surface area contributed by atoms with E-state index in [1.807, 2.05) is 43.3 Å². The number of hydrogen-bond acceptors (Lipinski definition) is 7. The predicted molar refractivity (Wildman–Crippen MR) is 95.8 cm³/mol. The van der Waals surface area contributed by atoms with Crippen LogP contribution in [0.2, 0.25) is 0 Å². The summed E-state index contributed by atoms with van der Waals surface area (Å²) in [7, 11) is 0. The van der Waals surface area contributed by atoms with E-state index in [1.54, 1.807) is 6.07 Å². The highest BCUT2D eigenvalue weighted by Gasteiger charge is 2.18. The van der Waals surface area contributed by atoms with Crippen molar-refractivity contribution in [2.45, 2.75) is 20.1 Å². The van der Waals surface area contributed by atoms with E-state index >= 15 is 0 Å². The normalized spacial score (nSPS) is 12.4. The Hall–Kier alpha value is -3.00. The Bertz CT molecular complexity index is 975. The van der Waals surface area contributed by atoms with Gasteiger partial charge in [-0.1, -0.05) is 18.2 Å². The first-order valence-electron chi connectivity index (χ1n) is 8.20. The van der Waals surface area contributed by atoms with Crippen molar-refractivity contribution in [3.8, 4) is 34.0 Å². The summed E-state index contributed by atoms with van der Waals surface area (Å²) >= 11 is 0. The summed E-state index contributed by atoms with van der Waals surface area (Å²) < 4.78 is 0. The van der Waals surface area contributed by atoms with Crippen molar-refractivity contribution in [3.05, 3.63) is 59.4 Å². The second-order valence-corrected chi connectivity index (χ2v) is 5.96. The molecular formula is C19H18N4O3. The highest BCUT2D eigenvalue weighted by molar-refractivity contribution is 5.70. The van der Waals surface area contributed by atoms with E-state index in [2.05, 4.69) is 10.6 Å². The number of benzene rings is 2. The van der Waals surface area contributed by atoms with Crippen molar-refractivity contribution in [2.24, 2.45) is 5.73 Å². The Kier molecular flexibility index (Phi) is 4.26. The summed E-state index contributed by atoms with van der Waals surface area (Å²) in [6.45, 7) is 2.12. The van der Waals surface area contributed by atoms with Gasteiger partial charge in [0, 0.05) is 23.3 Å². The zero-order valence-electron chi connectivity index (χ0n) is 14.2. The molecule has 0 bridgehead atoms. The van der Waals surface area contributed by atoms with Crippen molar-refractivity contribution in [3.63, 3.8) is 0 Å². The molecule has 3 aromatic rings. The standard InChI is InChI=1S/C19H18N4O3/c1-11-18(14-5-6-16-17(8-14)26-23-25-16)22-15(10-24)19(21-11)13-4-2-3-12(7-13)9-20/h2-8,23-24H,9-10,20H2,1H3. The Morgan fingerprint density at radius 1 is 1.00 bits per heavy atom. The van der Waals surface area contributed by atoms with Gasteiger partial charge in [-0.05, 0) is 36.8 Å². The SMILES string of the molecule is Cc1nc(-c2cccc(CN)c2)c(CO)nc1-c1ccc2c(c1)ONO2. The number of nitrogens with one attached hydrogen (secondary N) is 1. The third-order valence-corrected chi connectivity index (χ3v) is 4.25. The molecule has 0 unspecified atom stereocenters. The number of rotatable bonds is 4. The molecule has 0 saturated heterocycles. The van der Waals surface area contributed by atoms with Crippen LogP contribution in [0.1, 0.15) is 17.0 Å². The van der Waals surface area contributed by atoms with Gasteiger partial charge in [-0.2, -0.15) is 0 Å². The van der Waals surface area contributed by atoms with E-state index in [1.165, 1.54) is 0 Å². The summed E-state index contributed by atoms with van der Waals surface area (Å²) in [5.74, 6) is 1.19. The number of aliphatic hydroxyl groups excluding tert-OH is 1. The molecule has 0 amide bonds. The van der Waals surface area contributed by atoms with E-state index in [0.29, 0.717) is 35.1 Å². The van der Waals surface area contributed by atoms with Gasteiger partial charge in [0.2, 0.25) is 0 Å². The second kappa shape index (κ2) is 6.72. The third kappa shape index (κ3) is 2.88. The molecule has 4 rings (SSSR count). The predicted octanol–water partition coefficient (Wildman–Crippen LogP) is 2.26. The maximum absolute atomic E-state index is 9.84. The molecule has 4 N–H and O–H groups in total. The molecule has 26 heavy (non-hydrogen) atoms. The lowest BCUT2D eigenvalue weighted by molar-refractivity contribution is 0.0260. The van der Waals surface area contributed by atoms with Crippen LogP contribution in [0.15, 0.2) is 42.5 Å². The maximum Gasteiger partial charge on any atom is 0.196 e. The number of nitrogens with two attached hydrogens (primary N) is 1. The average Bonchev–Trinajstić information content (AvgIpc) is 3.15. The summed E-state index contributed by atoms with van der Waals surface area (Å²) in [5.41, 5.74) is 13.4. The molecule has 0 saturated carbocycles. The molecule has 132 valence electrons. The zero-order chi connectivity index (χ0) is 18.1. The smallest absolute Gasteiger partial charge is 0.196 e. The molecule has 7 heteroatoms. The van der Waals surface area contributed by atoms with Gasteiger partial charge in [0.1, 0.15) is 0 Å². The highest BCUT2D eigenvalue weighted by Crippen LogP contribution is 2.35. The lowest BCUT2D eigenvalue weighted by atomic mass is 10.0. The Labute approximate surface area is 150 Å². The van der Waals surface area contributed by atoms with Crippen LogP contribution in [0.4, 0.5) is 0 Å². The minimum atomic E-state index is -0.214. The molecule has 1 aliphatic rings. The molecule has 1 aliphatic heterocycles. The molecule has 2 aromatic carbocycles. The van der Waals surface area contributed by atoms with Crippen molar-refractivity contribution in [2.75, 3.05) is 0 Å². The fourth-order valence-corrected chi connectivity index (χ4v) is 2.94. The molecule has 1 aromatic heterocycles. The summed E-state index contributed by atoms with van der Waals surface area (Å²) in [6, 6.07) is 13.3. The van der Waals surface area contributed by atoms with Crippen LogP contribution in [-0.4, -0.2) is 15.1 Å². The lowest BCUT2D eigenvalue weighted by Gasteiger charge is -2.13. The van der Waals surface area contributed by atoms with Gasteiger partial charge >= 0.3 is 0 Å². The lowest BCUT2D eigenvalue weighted by Crippen LogP contribution is -2.14. The van der Waals surface area contributed by atoms with E-state index in [9.17, 15) is 5.11 Å². The van der Waals surface area contributed by atoms with Crippen LogP contribution in [0.5, 0.6) is 11.5 Å². The van der Waals surface area contributed by atoms with Gasteiger partial charge < -0.3 is 20.5 Å². The van der Waals surface area contributed by atoms with E-state index in [4.69, 9.17) is 20.4 Å². The molecule has 0 aliphatic carbocycles. The molecule has 2 heterocycles. The molecule has 0 spiro atoms. The molecule has 0 radical (unpaired) electrons. The van der Waals surface area contributed by atoms with Gasteiger partial charge in [-0.3, -0.25) is 0 Å². The van der Waals surface area contributed by atoms with Crippen molar-refractivity contribution >= 4 is 0 Å². The first kappa shape index (κ1) is 16.5. The summed E-state index contributed by atoms with van der Waals surface area (Å²) in [4.78, 5) is 19.7. The summed E-state index contributed by atoms with van der Waals surface area (Å²) in [5, 5.41) is 9.84. The number of fused-ring (bicyclic) bond motifs is 1. The van der Waals surface area contributed by atoms with Crippen LogP contribution in [-0.2, 0) is 13.2 Å². The van der Waals surface area contributed by atoms with E-state index in [-0.39, 0.29) is 6.61 Å². The second-order valence-electron chi connectivity index (χ2n) is 5.96. The molecule has 7 nitrogen and oxygen atoms in total. The van der Waals surface area contributed by atoms with Gasteiger partial charge in [-0.15, -0.1) is 0 Å². The van der Waals surface area contributed by atoms with Gasteiger partial charge in [-0.25, -0.2) is 9.97 Å². The molecule has 0 atom stereocenters. The number of nitrogens with zero attached hydrogens (tertiary/aromatic N) is 2. The van der Waals surface area contributed by atoms with Crippen molar-refractivity contribution < 1.29 is 14.8 Å². The maximum atomic E-state index is 9.84. The van der Waals surface area contributed by atoms with Gasteiger partial charge in [0.05, 0.1) is 29.4 Å². The van der Waals surface area contributed by atoms with Crippen LogP contribution in [0.25, 0.3) is 22.5 Å². The largest absolute Gasteiger partial charge is 0.390 e. The van der Waals surface area contributed by atoms with E-state index < -0.39 is 0 Å². The van der Waals surface area contributed by atoms with Crippen molar-refractivity contribution in [1.29, 1.82) is 0 Å². The highest BCUT2D eigenvalue weighted by atomic mass is 16.9. The number of aryl methyl sites for hydroxylation is 1. The first-order valence-corrected chi connectivity index (χ1v) is 8.20. The quantitative estimate of drug-likeness (QED) is 0.663.